The summed E-state index contributed by atoms with van der Waals surface area (Å²) in [7, 11) is 0. The average molecular weight is 494 g/mol. The topological polar surface area (TPSA) is 77.6 Å². The number of piperazine rings is 1. The molecule has 1 fully saturated rings. The maximum Gasteiger partial charge on any atom is 0.265 e. The fourth-order valence-electron chi connectivity index (χ4n) is 5.39. The van der Waals surface area contributed by atoms with Gasteiger partial charge in [-0.05, 0) is 53.2 Å². The SMILES string of the molecule is O=C(c1cccn2c(=O)c3cc4ccccc4cc3nc12)N1CC[NH+](Cc2ccc3c(c2)OCO3)CC1. The molecule has 37 heavy (non-hydrogen) atoms. The van der Waals surface area contributed by atoms with Crippen LogP contribution in [0.2, 0.25) is 0 Å². The third-order valence-corrected chi connectivity index (χ3v) is 7.39. The number of hydrogen-bond acceptors (Lipinski definition) is 5. The molecular weight excluding hydrogens is 468 g/mol. The van der Waals surface area contributed by atoms with Crippen LogP contribution in [0.1, 0.15) is 15.9 Å². The standard InChI is InChI=1S/C29H24N4O4/c34-28(32-12-10-31(11-13-32)17-19-7-8-25-26(14-19)37-18-36-25)22-6-3-9-33-27(22)30-24-16-21-5-2-1-4-20(21)15-23(24)29(33)35/h1-9,14-16H,10-13,17-18H2/p+1. The first-order valence-electron chi connectivity index (χ1n) is 12.5. The van der Waals surface area contributed by atoms with Crippen LogP contribution in [-0.2, 0) is 6.54 Å². The molecule has 0 aliphatic carbocycles. The van der Waals surface area contributed by atoms with E-state index in [0.29, 0.717) is 35.2 Å². The largest absolute Gasteiger partial charge is 0.454 e. The second kappa shape index (κ2) is 8.60. The van der Waals surface area contributed by atoms with Gasteiger partial charge in [-0.3, -0.25) is 14.0 Å². The fraction of sp³-hybridized carbons (Fsp3) is 0.207. The van der Waals surface area contributed by atoms with E-state index in [1.807, 2.05) is 53.4 Å². The molecule has 2 aliphatic rings. The molecule has 0 saturated carbocycles. The summed E-state index contributed by atoms with van der Waals surface area (Å²) in [6, 6.07) is 21.3. The highest BCUT2D eigenvalue weighted by Crippen LogP contribution is 2.32. The quantitative estimate of drug-likeness (QED) is 0.390. The molecule has 7 rings (SSSR count). The number of nitrogens with zero attached hydrogens (tertiary/aromatic N) is 3. The Labute approximate surface area is 212 Å². The molecule has 0 unspecified atom stereocenters. The van der Waals surface area contributed by atoms with Crippen LogP contribution in [0.5, 0.6) is 11.5 Å². The van der Waals surface area contributed by atoms with Crippen molar-refractivity contribution in [2.24, 2.45) is 0 Å². The lowest BCUT2D eigenvalue weighted by Gasteiger charge is -2.32. The smallest absolute Gasteiger partial charge is 0.265 e. The minimum atomic E-state index is -0.168. The predicted molar refractivity (Wildman–Crippen MR) is 139 cm³/mol. The summed E-state index contributed by atoms with van der Waals surface area (Å²) in [5, 5.41) is 2.54. The molecule has 1 amide bonds. The highest BCUT2D eigenvalue weighted by atomic mass is 16.7. The average Bonchev–Trinajstić information content (AvgIpc) is 3.40. The molecule has 0 bridgehead atoms. The van der Waals surface area contributed by atoms with E-state index in [1.165, 1.54) is 14.9 Å². The summed E-state index contributed by atoms with van der Waals surface area (Å²) in [6.45, 7) is 4.10. The van der Waals surface area contributed by atoms with Gasteiger partial charge in [0.15, 0.2) is 17.1 Å². The lowest BCUT2D eigenvalue weighted by Crippen LogP contribution is -3.13. The number of aromatic nitrogens is 2. The molecule has 4 heterocycles. The van der Waals surface area contributed by atoms with E-state index in [9.17, 15) is 9.59 Å². The second-order valence-corrected chi connectivity index (χ2v) is 9.66. The first-order valence-corrected chi connectivity index (χ1v) is 12.5. The summed E-state index contributed by atoms with van der Waals surface area (Å²) in [4.78, 5) is 35.0. The molecule has 0 radical (unpaired) electrons. The van der Waals surface area contributed by atoms with Crippen LogP contribution in [0.3, 0.4) is 0 Å². The number of ether oxygens (including phenoxy) is 2. The molecule has 3 aromatic carbocycles. The Balaban J connectivity index is 1.15. The lowest BCUT2D eigenvalue weighted by molar-refractivity contribution is -0.917. The number of quaternary nitrogens is 1. The zero-order chi connectivity index (χ0) is 24.9. The highest BCUT2D eigenvalue weighted by Gasteiger charge is 2.27. The van der Waals surface area contributed by atoms with Crippen molar-refractivity contribution in [3.05, 3.63) is 94.4 Å². The van der Waals surface area contributed by atoms with Crippen molar-refractivity contribution >= 4 is 33.2 Å². The van der Waals surface area contributed by atoms with Gasteiger partial charge in [-0.15, -0.1) is 0 Å². The van der Waals surface area contributed by atoms with Gasteiger partial charge in [0.2, 0.25) is 6.79 Å². The van der Waals surface area contributed by atoms with Crippen LogP contribution in [0, 0.1) is 0 Å². The Morgan fingerprint density at radius 1 is 0.919 bits per heavy atom. The third-order valence-electron chi connectivity index (χ3n) is 7.39. The Bertz CT molecular complexity index is 1750. The molecule has 1 saturated heterocycles. The van der Waals surface area contributed by atoms with E-state index in [0.717, 1.165) is 41.9 Å². The van der Waals surface area contributed by atoms with Gasteiger partial charge in [-0.1, -0.05) is 24.3 Å². The molecule has 2 aliphatic heterocycles. The number of benzene rings is 3. The molecule has 8 heteroatoms. The zero-order valence-electron chi connectivity index (χ0n) is 20.1. The summed E-state index contributed by atoms with van der Waals surface area (Å²) in [5.74, 6) is 1.50. The van der Waals surface area contributed by atoms with Gasteiger partial charge in [0.05, 0.1) is 42.6 Å². The second-order valence-electron chi connectivity index (χ2n) is 9.66. The molecular formula is C29H25N4O4+. The molecule has 2 aromatic heterocycles. The number of pyridine rings is 1. The Morgan fingerprint density at radius 3 is 2.54 bits per heavy atom. The molecule has 8 nitrogen and oxygen atoms in total. The van der Waals surface area contributed by atoms with Crippen LogP contribution in [0.4, 0.5) is 0 Å². The Hall–Kier alpha value is -4.43. The first-order chi connectivity index (χ1) is 18.1. The number of hydrogen-bond donors (Lipinski definition) is 1. The van der Waals surface area contributed by atoms with Gasteiger partial charge in [0, 0.05) is 11.8 Å². The summed E-state index contributed by atoms with van der Waals surface area (Å²) in [6.07, 6.45) is 1.68. The molecule has 1 N–H and O–H groups in total. The molecule has 0 spiro atoms. The zero-order valence-corrected chi connectivity index (χ0v) is 20.1. The van der Waals surface area contributed by atoms with E-state index >= 15 is 0 Å². The normalized spacial score (nSPS) is 15.6. The minimum Gasteiger partial charge on any atom is -0.454 e. The monoisotopic (exact) mass is 493 g/mol. The molecule has 184 valence electrons. The third kappa shape index (κ3) is 3.77. The van der Waals surface area contributed by atoms with Crippen LogP contribution in [-0.4, -0.2) is 53.2 Å². The maximum atomic E-state index is 13.6. The van der Waals surface area contributed by atoms with Crippen LogP contribution >= 0.6 is 0 Å². The van der Waals surface area contributed by atoms with E-state index in [-0.39, 0.29) is 18.3 Å². The van der Waals surface area contributed by atoms with Crippen molar-refractivity contribution in [2.75, 3.05) is 33.0 Å². The highest BCUT2D eigenvalue weighted by molar-refractivity contribution is 6.02. The number of fused-ring (bicyclic) bond motifs is 4. The first kappa shape index (κ1) is 21.8. The van der Waals surface area contributed by atoms with Crippen molar-refractivity contribution in [3.63, 3.8) is 0 Å². The van der Waals surface area contributed by atoms with Crippen LogP contribution in [0.25, 0.3) is 27.3 Å². The molecule has 5 aromatic rings. The van der Waals surface area contributed by atoms with Crippen molar-refractivity contribution in [1.29, 1.82) is 0 Å². The van der Waals surface area contributed by atoms with Crippen molar-refractivity contribution in [3.8, 4) is 11.5 Å². The van der Waals surface area contributed by atoms with Gasteiger partial charge < -0.3 is 19.3 Å². The van der Waals surface area contributed by atoms with Crippen LogP contribution < -0.4 is 19.9 Å². The van der Waals surface area contributed by atoms with Gasteiger partial charge in [-0.25, -0.2) is 4.98 Å². The van der Waals surface area contributed by atoms with Crippen molar-refractivity contribution in [2.45, 2.75) is 6.54 Å². The van der Waals surface area contributed by atoms with Crippen molar-refractivity contribution in [1.82, 2.24) is 14.3 Å². The van der Waals surface area contributed by atoms with E-state index < -0.39 is 0 Å². The Morgan fingerprint density at radius 2 is 1.70 bits per heavy atom. The van der Waals surface area contributed by atoms with Crippen molar-refractivity contribution < 1.29 is 19.2 Å². The number of carbonyl (C=O) groups excluding carboxylic acids is 1. The minimum absolute atomic E-state index is 0.0905. The summed E-state index contributed by atoms with van der Waals surface area (Å²) in [5.41, 5.74) is 2.47. The Kier molecular flexibility index (Phi) is 5.07. The van der Waals surface area contributed by atoms with Gasteiger partial charge in [0.25, 0.3) is 11.5 Å². The predicted octanol–water partition coefficient (Wildman–Crippen LogP) is 2.27. The van der Waals surface area contributed by atoms with Gasteiger partial charge in [-0.2, -0.15) is 0 Å². The summed E-state index contributed by atoms with van der Waals surface area (Å²) >= 11 is 0. The lowest BCUT2D eigenvalue weighted by atomic mass is 10.1. The fourth-order valence-corrected chi connectivity index (χ4v) is 5.39. The summed E-state index contributed by atoms with van der Waals surface area (Å²) < 4.78 is 12.4. The van der Waals surface area contributed by atoms with E-state index in [1.54, 1.807) is 18.3 Å². The molecule has 0 atom stereocenters. The van der Waals surface area contributed by atoms with E-state index in [2.05, 4.69) is 6.07 Å². The maximum absolute atomic E-state index is 13.6. The number of carbonyl (C=O) groups is 1. The number of nitrogens with one attached hydrogen (secondary N) is 1. The van der Waals surface area contributed by atoms with Gasteiger partial charge in [0.1, 0.15) is 6.54 Å². The van der Waals surface area contributed by atoms with Crippen LogP contribution in [0.15, 0.2) is 77.7 Å². The van der Waals surface area contributed by atoms with Gasteiger partial charge >= 0.3 is 0 Å². The number of amides is 1. The van der Waals surface area contributed by atoms with E-state index in [4.69, 9.17) is 14.5 Å². The number of rotatable bonds is 3.